The summed E-state index contributed by atoms with van der Waals surface area (Å²) < 4.78 is 17.0. The van der Waals surface area contributed by atoms with Gasteiger partial charge in [0.25, 0.3) is 0 Å². The number of aromatic nitrogens is 2. The molecule has 10 heteroatoms. The van der Waals surface area contributed by atoms with Crippen molar-refractivity contribution in [1.82, 2.24) is 14.9 Å². The number of nitrogens with zero attached hydrogens (tertiary/aromatic N) is 4. The summed E-state index contributed by atoms with van der Waals surface area (Å²) in [6, 6.07) is 7.18. The largest absolute Gasteiger partial charge is 0.593 e. The number of hydrogen-bond acceptors (Lipinski definition) is 9. The van der Waals surface area contributed by atoms with E-state index in [1.54, 1.807) is 23.9 Å². The Kier molecular flexibility index (Phi) is 7.58. The molecule has 0 unspecified atom stereocenters. The minimum Gasteiger partial charge on any atom is -0.593 e. The standard InChI is InChI=1S/C20H26N6O2S2/c21-30(27)17-5-1-4-16(11-17)24-20-23-12-15-3-2-6-22-19(29-14-18(15)25-20)13-26-7-9-28-10-8-26/h1,4-5,11-12H,2-3,6-10,13-14,21H2,(H,23,24,25)/b22-19-/t30-/m0/s1. The summed E-state index contributed by atoms with van der Waals surface area (Å²) in [6.45, 7) is 5.21. The lowest BCUT2D eigenvalue weighted by molar-refractivity contribution is 0.0455. The molecule has 0 aliphatic carbocycles. The number of nitrogens with one attached hydrogen (secondary N) is 1. The van der Waals surface area contributed by atoms with Crippen LogP contribution >= 0.6 is 11.8 Å². The predicted molar refractivity (Wildman–Crippen MR) is 122 cm³/mol. The maximum absolute atomic E-state index is 11.5. The van der Waals surface area contributed by atoms with Crippen LogP contribution in [0.4, 0.5) is 11.6 Å². The molecule has 0 saturated carbocycles. The molecule has 0 amide bonds. The first-order valence-corrected chi connectivity index (χ1v) is 12.2. The van der Waals surface area contributed by atoms with Crippen molar-refractivity contribution in [2.75, 3.05) is 44.7 Å². The second-order valence-corrected chi connectivity index (χ2v) is 9.29. The zero-order valence-corrected chi connectivity index (χ0v) is 18.4. The fourth-order valence-corrected chi connectivity index (χ4v) is 4.85. The smallest absolute Gasteiger partial charge is 0.227 e. The van der Waals surface area contributed by atoms with Crippen molar-refractivity contribution >= 4 is 39.8 Å². The molecule has 2 aromatic rings. The van der Waals surface area contributed by atoms with Crippen LogP contribution in [0.2, 0.25) is 0 Å². The number of aryl methyl sites for hydroxylation is 1. The van der Waals surface area contributed by atoms with Crippen LogP contribution in [0.3, 0.4) is 0 Å². The van der Waals surface area contributed by atoms with Gasteiger partial charge in [0.1, 0.15) is 0 Å². The highest BCUT2D eigenvalue weighted by Crippen LogP contribution is 2.23. The molecule has 1 aromatic heterocycles. The van der Waals surface area contributed by atoms with Crippen LogP contribution in [0.15, 0.2) is 40.4 Å². The number of fused-ring (bicyclic) bond motifs is 1. The molecule has 2 aliphatic rings. The van der Waals surface area contributed by atoms with E-state index in [0.29, 0.717) is 10.8 Å². The molecule has 1 atom stereocenters. The minimum atomic E-state index is -1.52. The lowest BCUT2D eigenvalue weighted by Crippen LogP contribution is -2.39. The van der Waals surface area contributed by atoms with Crippen molar-refractivity contribution < 1.29 is 9.29 Å². The van der Waals surface area contributed by atoms with E-state index in [4.69, 9.17) is 19.9 Å². The van der Waals surface area contributed by atoms with Gasteiger partial charge in [-0.3, -0.25) is 9.89 Å². The van der Waals surface area contributed by atoms with Crippen molar-refractivity contribution in [3.8, 4) is 0 Å². The summed E-state index contributed by atoms with van der Waals surface area (Å²) in [5.41, 5.74) is 2.97. The van der Waals surface area contributed by atoms with Gasteiger partial charge >= 0.3 is 0 Å². The third-order valence-corrected chi connectivity index (χ3v) is 6.73. The first kappa shape index (κ1) is 21.5. The molecule has 4 rings (SSSR count). The molecular formula is C20H26N6O2S2. The second kappa shape index (κ2) is 10.6. The summed E-state index contributed by atoms with van der Waals surface area (Å²) in [4.78, 5) is 17.0. The van der Waals surface area contributed by atoms with E-state index in [-0.39, 0.29) is 0 Å². The SMILES string of the molecule is N[S@@+]([O-])c1cccc(Nc2ncc3c(n2)CS/C(CN2CCOCC2)=N\CCC3)c1. The molecule has 8 nitrogen and oxygen atoms in total. The van der Waals surface area contributed by atoms with E-state index in [2.05, 4.69) is 15.2 Å². The molecule has 3 heterocycles. The molecular weight excluding hydrogens is 420 g/mol. The summed E-state index contributed by atoms with van der Waals surface area (Å²) in [5, 5.41) is 9.85. The van der Waals surface area contributed by atoms with Crippen LogP contribution in [0.5, 0.6) is 0 Å². The fraction of sp³-hybridized carbons (Fsp3) is 0.450. The van der Waals surface area contributed by atoms with E-state index in [0.717, 1.165) is 74.4 Å². The van der Waals surface area contributed by atoms with Gasteiger partial charge in [-0.15, -0.1) is 16.9 Å². The second-order valence-electron chi connectivity index (χ2n) is 7.17. The van der Waals surface area contributed by atoms with Gasteiger partial charge in [0, 0.05) is 49.9 Å². The number of ether oxygens (including phenoxy) is 1. The Labute approximate surface area is 184 Å². The minimum absolute atomic E-state index is 0.528. The third-order valence-electron chi connectivity index (χ3n) is 5.01. The Balaban J connectivity index is 1.45. The van der Waals surface area contributed by atoms with Gasteiger partial charge in [-0.1, -0.05) is 6.07 Å². The van der Waals surface area contributed by atoms with Gasteiger partial charge in [0.2, 0.25) is 5.95 Å². The van der Waals surface area contributed by atoms with Crippen molar-refractivity contribution in [3.05, 3.63) is 41.7 Å². The van der Waals surface area contributed by atoms with Crippen molar-refractivity contribution in [3.63, 3.8) is 0 Å². The number of rotatable bonds is 5. The average Bonchev–Trinajstić information content (AvgIpc) is 2.85. The van der Waals surface area contributed by atoms with E-state index in [9.17, 15) is 4.55 Å². The van der Waals surface area contributed by atoms with Crippen LogP contribution in [-0.4, -0.2) is 63.9 Å². The first-order chi connectivity index (χ1) is 14.7. The van der Waals surface area contributed by atoms with Crippen LogP contribution in [0, 0.1) is 0 Å². The van der Waals surface area contributed by atoms with Crippen LogP contribution in [0.1, 0.15) is 17.7 Å². The molecule has 0 spiro atoms. The maximum Gasteiger partial charge on any atom is 0.227 e. The normalized spacial score (nSPS) is 20.8. The van der Waals surface area contributed by atoms with E-state index >= 15 is 0 Å². The van der Waals surface area contributed by atoms with Gasteiger partial charge < -0.3 is 14.6 Å². The molecule has 3 N–H and O–H groups in total. The lowest BCUT2D eigenvalue weighted by Gasteiger charge is -2.26. The topological polar surface area (TPSA) is 112 Å². The van der Waals surface area contributed by atoms with Crippen LogP contribution in [0.25, 0.3) is 0 Å². The average molecular weight is 447 g/mol. The molecule has 0 radical (unpaired) electrons. The fourth-order valence-electron chi connectivity index (χ4n) is 3.38. The Morgan fingerprint density at radius 1 is 1.30 bits per heavy atom. The monoisotopic (exact) mass is 446 g/mol. The van der Waals surface area contributed by atoms with E-state index in [1.807, 2.05) is 18.3 Å². The van der Waals surface area contributed by atoms with Crippen molar-refractivity contribution in [2.45, 2.75) is 23.5 Å². The van der Waals surface area contributed by atoms with Gasteiger partial charge in [0.15, 0.2) is 4.90 Å². The molecule has 30 heavy (non-hydrogen) atoms. The summed E-state index contributed by atoms with van der Waals surface area (Å²) >= 11 is 0.239. The number of morpholine rings is 1. The highest BCUT2D eigenvalue weighted by atomic mass is 32.2. The van der Waals surface area contributed by atoms with Crippen molar-refractivity contribution in [1.29, 1.82) is 0 Å². The summed E-state index contributed by atoms with van der Waals surface area (Å²) in [7, 11) is 0. The van der Waals surface area contributed by atoms with Crippen LogP contribution in [-0.2, 0) is 28.3 Å². The Morgan fingerprint density at radius 3 is 3.00 bits per heavy atom. The molecule has 0 bridgehead atoms. The predicted octanol–water partition coefficient (Wildman–Crippen LogP) is 2.11. The molecule has 1 saturated heterocycles. The van der Waals surface area contributed by atoms with E-state index < -0.39 is 11.4 Å². The van der Waals surface area contributed by atoms with Gasteiger partial charge in [-0.05, 0) is 30.5 Å². The number of nitrogens with two attached hydrogens (primary N) is 1. The molecule has 2 aliphatic heterocycles. The number of anilines is 2. The number of hydrogen-bond donors (Lipinski definition) is 2. The summed E-state index contributed by atoms with van der Waals surface area (Å²) in [5.74, 6) is 1.29. The highest BCUT2D eigenvalue weighted by molar-refractivity contribution is 8.13. The Hall–Kier alpha value is -1.69. The number of thioether (sulfide) groups is 1. The van der Waals surface area contributed by atoms with Crippen LogP contribution < -0.4 is 10.5 Å². The number of benzene rings is 1. The zero-order valence-electron chi connectivity index (χ0n) is 16.7. The molecule has 1 fully saturated rings. The molecule has 160 valence electrons. The highest BCUT2D eigenvalue weighted by Gasteiger charge is 2.16. The van der Waals surface area contributed by atoms with Gasteiger partial charge in [-0.25, -0.2) is 9.97 Å². The first-order valence-electron chi connectivity index (χ1n) is 10.0. The van der Waals surface area contributed by atoms with Gasteiger partial charge in [0.05, 0.1) is 35.3 Å². The molecule has 1 aromatic carbocycles. The Bertz CT molecular complexity index is 889. The lowest BCUT2D eigenvalue weighted by atomic mass is 10.1. The quantitative estimate of drug-likeness (QED) is 0.672. The summed E-state index contributed by atoms with van der Waals surface area (Å²) in [6.07, 6.45) is 3.82. The number of aliphatic imine (C=N–C) groups is 1. The van der Waals surface area contributed by atoms with Gasteiger partial charge in [-0.2, -0.15) is 0 Å². The van der Waals surface area contributed by atoms with Crippen molar-refractivity contribution in [2.24, 2.45) is 10.1 Å². The zero-order chi connectivity index (χ0) is 20.8. The maximum atomic E-state index is 11.5. The Morgan fingerprint density at radius 2 is 2.17 bits per heavy atom. The van der Waals surface area contributed by atoms with E-state index in [1.165, 1.54) is 5.56 Å². The third kappa shape index (κ3) is 5.93.